The highest BCUT2D eigenvalue weighted by molar-refractivity contribution is 5.84. The maximum atomic E-state index is 12.5. The molecule has 1 aliphatic heterocycles. The number of hydrogen-bond acceptors (Lipinski definition) is 3. The summed E-state index contributed by atoms with van der Waals surface area (Å²) in [6, 6.07) is 10.3. The number of hydrogen-bond donors (Lipinski definition) is 1. The Hall–Kier alpha value is -1.88. The lowest BCUT2D eigenvalue weighted by atomic mass is 9.91. The number of rotatable bonds is 6. The number of amides is 2. The van der Waals surface area contributed by atoms with Crippen molar-refractivity contribution in [2.24, 2.45) is 5.92 Å². The molecule has 2 fully saturated rings. The summed E-state index contributed by atoms with van der Waals surface area (Å²) in [4.78, 5) is 26.5. The van der Waals surface area contributed by atoms with E-state index in [2.05, 4.69) is 17.4 Å². The predicted molar refractivity (Wildman–Crippen MR) is 95.9 cm³/mol. The van der Waals surface area contributed by atoms with Crippen LogP contribution in [0.15, 0.2) is 30.3 Å². The van der Waals surface area contributed by atoms with E-state index >= 15 is 0 Å². The molecule has 1 aromatic carbocycles. The smallest absolute Gasteiger partial charge is 0.223 e. The van der Waals surface area contributed by atoms with E-state index in [0.717, 1.165) is 12.8 Å². The van der Waals surface area contributed by atoms with Crippen molar-refractivity contribution in [2.45, 2.75) is 44.6 Å². The van der Waals surface area contributed by atoms with Crippen LogP contribution in [0.4, 0.5) is 0 Å². The second kappa shape index (κ2) is 8.99. The first kappa shape index (κ1) is 17.9. The molecule has 1 aliphatic carbocycles. The van der Waals surface area contributed by atoms with Crippen LogP contribution in [0.25, 0.3) is 0 Å². The zero-order chi connectivity index (χ0) is 17.5. The van der Waals surface area contributed by atoms with E-state index in [9.17, 15) is 9.59 Å². The fraction of sp³-hybridized carbons (Fsp3) is 0.600. The minimum Gasteiger partial charge on any atom is -0.378 e. The number of benzene rings is 1. The molecule has 0 unspecified atom stereocenters. The molecular weight excluding hydrogens is 316 g/mol. The molecule has 1 N–H and O–H groups in total. The summed E-state index contributed by atoms with van der Waals surface area (Å²) in [6.45, 7) is 2.45. The summed E-state index contributed by atoms with van der Waals surface area (Å²) in [6.07, 6.45) is 5.32. The van der Waals surface area contributed by atoms with Gasteiger partial charge in [-0.25, -0.2) is 0 Å². The van der Waals surface area contributed by atoms with Crippen LogP contribution in [0.5, 0.6) is 0 Å². The number of carbonyl (C=O) groups excluding carboxylic acids is 2. The normalized spacial score (nSPS) is 19.6. The zero-order valence-corrected chi connectivity index (χ0v) is 14.8. The van der Waals surface area contributed by atoms with Gasteiger partial charge < -0.3 is 15.0 Å². The Labute approximate surface area is 149 Å². The summed E-state index contributed by atoms with van der Waals surface area (Å²) in [7, 11) is 0. The lowest BCUT2D eigenvalue weighted by Crippen LogP contribution is -2.41. The van der Waals surface area contributed by atoms with Crippen molar-refractivity contribution in [3.63, 3.8) is 0 Å². The standard InChI is InChI=1S/C20H28N2O3/c23-18(10-11-19(24)22-12-14-25-15-13-22)21-20(17-8-4-5-9-17)16-6-2-1-3-7-16/h1-3,6-7,17,20H,4-5,8-15H2,(H,21,23)/t20-/m0/s1. The third kappa shape index (κ3) is 5.05. The van der Waals surface area contributed by atoms with E-state index in [1.807, 2.05) is 18.2 Å². The van der Waals surface area contributed by atoms with Crippen LogP contribution in [0.2, 0.25) is 0 Å². The SMILES string of the molecule is O=C(CCC(=O)N1CCOCC1)N[C@@H](c1ccccc1)C1CCCC1. The van der Waals surface area contributed by atoms with Crippen LogP contribution in [-0.4, -0.2) is 43.0 Å². The topological polar surface area (TPSA) is 58.6 Å². The summed E-state index contributed by atoms with van der Waals surface area (Å²) in [5.41, 5.74) is 1.17. The molecule has 1 saturated heterocycles. The first-order chi connectivity index (χ1) is 12.2. The fourth-order valence-corrected chi connectivity index (χ4v) is 3.86. The summed E-state index contributed by atoms with van der Waals surface area (Å²) >= 11 is 0. The highest BCUT2D eigenvalue weighted by Crippen LogP contribution is 2.35. The van der Waals surface area contributed by atoms with Crippen molar-refractivity contribution < 1.29 is 14.3 Å². The maximum Gasteiger partial charge on any atom is 0.223 e. The van der Waals surface area contributed by atoms with Gasteiger partial charge in [0.25, 0.3) is 0 Å². The van der Waals surface area contributed by atoms with Crippen molar-refractivity contribution in [3.05, 3.63) is 35.9 Å². The minimum atomic E-state index is -0.0256. The molecule has 1 saturated carbocycles. The number of carbonyl (C=O) groups is 2. The molecule has 2 aliphatic rings. The molecule has 0 spiro atoms. The second-order valence-electron chi connectivity index (χ2n) is 6.99. The first-order valence-corrected chi connectivity index (χ1v) is 9.44. The number of morpholine rings is 1. The molecule has 2 amide bonds. The highest BCUT2D eigenvalue weighted by Gasteiger charge is 2.28. The molecule has 5 heteroatoms. The summed E-state index contributed by atoms with van der Waals surface area (Å²) in [5.74, 6) is 0.527. The van der Waals surface area contributed by atoms with Crippen LogP contribution in [-0.2, 0) is 14.3 Å². The average Bonchev–Trinajstić information content (AvgIpc) is 3.20. The van der Waals surface area contributed by atoms with Crippen molar-refractivity contribution in [2.75, 3.05) is 26.3 Å². The number of nitrogens with zero attached hydrogens (tertiary/aromatic N) is 1. The Morgan fingerprint density at radius 1 is 1.08 bits per heavy atom. The van der Waals surface area contributed by atoms with E-state index in [0.29, 0.717) is 32.2 Å². The number of nitrogens with one attached hydrogen (secondary N) is 1. The van der Waals surface area contributed by atoms with Gasteiger partial charge in [0.05, 0.1) is 19.3 Å². The molecule has 3 rings (SSSR count). The summed E-state index contributed by atoms with van der Waals surface area (Å²) < 4.78 is 5.26. The van der Waals surface area contributed by atoms with Gasteiger partial charge >= 0.3 is 0 Å². The molecule has 25 heavy (non-hydrogen) atoms. The van der Waals surface area contributed by atoms with Crippen molar-refractivity contribution in [1.29, 1.82) is 0 Å². The molecule has 0 radical (unpaired) electrons. The molecule has 0 aromatic heterocycles. The Morgan fingerprint density at radius 3 is 2.44 bits per heavy atom. The van der Waals surface area contributed by atoms with E-state index < -0.39 is 0 Å². The highest BCUT2D eigenvalue weighted by atomic mass is 16.5. The van der Waals surface area contributed by atoms with Gasteiger partial charge in [0.15, 0.2) is 0 Å². The third-order valence-corrected chi connectivity index (χ3v) is 5.28. The monoisotopic (exact) mass is 344 g/mol. The molecule has 1 aromatic rings. The van der Waals surface area contributed by atoms with E-state index in [4.69, 9.17) is 4.74 Å². The van der Waals surface area contributed by atoms with Gasteiger partial charge in [-0.2, -0.15) is 0 Å². The molecule has 136 valence electrons. The van der Waals surface area contributed by atoms with Gasteiger partial charge in [-0.05, 0) is 24.3 Å². The molecule has 1 heterocycles. The molecule has 5 nitrogen and oxygen atoms in total. The van der Waals surface area contributed by atoms with Crippen LogP contribution in [0.1, 0.15) is 50.1 Å². The van der Waals surface area contributed by atoms with Gasteiger partial charge in [0.2, 0.25) is 11.8 Å². The maximum absolute atomic E-state index is 12.5. The van der Waals surface area contributed by atoms with E-state index in [1.165, 1.54) is 18.4 Å². The van der Waals surface area contributed by atoms with Crippen molar-refractivity contribution >= 4 is 11.8 Å². The van der Waals surface area contributed by atoms with Crippen LogP contribution in [0, 0.1) is 5.92 Å². The second-order valence-corrected chi connectivity index (χ2v) is 6.99. The van der Waals surface area contributed by atoms with Crippen molar-refractivity contribution in [3.8, 4) is 0 Å². The lowest BCUT2D eigenvalue weighted by Gasteiger charge is -2.27. The lowest BCUT2D eigenvalue weighted by molar-refractivity contribution is -0.137. The number of ether oxygens (including phenoxy) is 1. The fourth-order valence-electron chi connectivity index (χ4n) is 3.86. The van der Waals surface area contributed by atoms with E-state index in [1.54, 1.807) is 4.90 Å². The van der Waals surface area contributed by atoms with Crippen LogP contribution < -0.4 is 5.32 Å². The van der Waals surface area contributed by atoms with Crippen LogP contribution in [0.3, 0.4) is 0 Å². The third-order valence-electron chi connectivity index (χ3n) is 5.28. The quantitative estimate of drug-likeness (QED) is 0.863. The molecular formula is C20H28N2O3. The Kier molecular flexibility index (Phi) is 6.45. The van der Waals surface area contributed by atoms with Crippen molar-refractivity contribution in [1.82, 2.24) is 10.2 Å². The van der Waals surface area contributed by atoms with Gasteiger partial charge in [-0.1, -0.05) is 43.2 Å². The minimum absolute atomic E-state index is 0.0256. The van der Waals surface area contributed by atoms with Gasteiger partial charge in [-0.15, -0.1) is 0 Å². The summed E-state index contributed by atoms with van der Waals surface area (Å²) in [5, 5.41) is 3.20. The first-order valence-electron chi connectivity index (χ1n) is 9.44. The molecule has 0 bridgehead atoms. The van der Waals surface area contributed by atoms with Gasteiger partial charge in [-0.3, -0.25) is 9.59 Å². The van der Waals surface area contributed by atoms with Crippen LogP contribution >= 0.6 is 0 Å². The Bertz CT molecular complexity index is 564. The van der Waals surface area contributed by atoms with Gasteiger partial charge in [0, 0.05) is 25.9 Å². The Morgan fingerprint density at radius 2 is 1.76 bits per heavy atom. The zero-order valence-electron chi connectivity index (χ0n) is 14.8. The van der Waals surface area contributed by atoms with E-state index in [-0.39, 0.29) is 30.7 Å². The predicted octanol–water partition coefficient (Wildman–Crippen LogP) is 2.67. The largest absolute Gasteiger partial charge is 0.378 e. The average molecular weight is 344 g/mol. The molecule has 1 atom stereocenters. The Balaban J connectivity index is 1.54. The van der Waals surface area contributed by atoms with Gasteiger partial charge in [0.1, 0.15) is 0 Å².